The lowest BCUT2D eigenvalue weighted by Gasteiger charge is -2.45. The first-order valence-electron chi connectivity index (χ1n) is 8.20. The predicted molar refractivity (Wildman–Crippen MR) is 88.5 cm³/mol. The molecule has 21 heavy (non-hydrogen) atoms. The molecule has 1 aromatic rings. The molecule has 0 bridgehead atoms. The summed E-state index contributed by atoms with van der Waals surface area (Å²) in [4.78, 5) is 2.65. The van der Waals surface area contributed by atoms with Gasteiger partial charge in [-0.15, -0.1) is 0 Å². The zero-order valence-electron chi connectivity index (χ0n) is 13.9. The van der Waals surface area contributed by atoms with Gasteiger partial charge in [-0.2, -0.15) is 0 Å². The lowest BCUT2D eigenvalue weighted by atomic mass is 9.94. The van der Waals surface area contributed by atoms with Gasteiger partial charge < -0.3 is 10.1 Å². The van der Waals surface area contributed by atoms with E-state index in [2.05, 4.69) is 61.3 Å². The lowest BCUT2D eigenvalue weighted by Crippen LogP contribution is -2.57. The van der Waals surface area contributed by atoms with Crippen molar-refractivity contribution in [3.8, 4) is 0 Å². The molecular weight excluding hydrogens is 260 g/mol. The van der Waals surface area contributed by atoms with Crippen molar-refractivity contribution in [3.05, 3.63) is 35.9 Å². The van der Waals surface area contributed by atoms with Crippen molar-refractivity contribution >= 4 is 0 Å². The maximum Gasteiger partial charge on any atom is 0.0618 e. The van der Waals surface area contributed by atoms with Crippen LogP contribution in [-0.4, -0.2) is 43.8 Å². The fourth-order valence-corrected chi connectivity index (χ4v) is 3.27. The molecule has 3 unspecified atom stereocenters. The molecule has 1 N–H and O–H groups in total. The van der Waals surface area contributed by atoms with Crippen molar-refractivity contribution in [2.45, 2.75) is 45.3 Å². The minimum absolute atomic E-state index is 0.446. The van der Waals surface area contributed by atoms with Crippen LogP contribution in [0, 0.1) is 5.92 Å². The van der Waals surface area contributed by atoms with Crippen LogP contribution in [-0.2, 0) is 4.74 Å². The number of methoxy groups -OCH3 is 1. The van der Waals surface area contributed by atoms with Crippen LogP contribution in [0.3, 0.4) is 0 Å². The molecule has 1 fully saturated rings. The van der Waals surface area contributed by atoms with Gasteiger partial charge in [0.2, 0.25) is 0 Å². The summed E-state index contributed by atoms with van der Waals surface area (Å²) in [6, 6.07) is 12.4. The van der Waals surface area contributed by atoms with Gasteiger partial charge in [-0.1, -0.05) is 51.1 Å². The van der Waals surface area contributed by atoms with Crippen molar-refractivity contribution in [3.63, 3.8) is 0 Å². The monoisotopic (exact) mass is 290 g/mol. The van der Waals surface area contributed by atoms with Crippen LogP contribution in [0.1, 0.15) is 38.8 Å². The van der Waals surface area contributed by atoms with E-state index in [1.807, 2.05) is 7.11 Å². The number of ether oxygens (including phenoxy) is 1. The van der Waals surface area contributed by atoms with Crippen molar-refractivity contribution in [1.29, 1.82) is 0 Å². The van der Waals surface area contributed by atoms with Crippen molar-refractivity contribution in [1.82, 2.24) is 10.2 Å². The second-order valence-electron chi connectivity index (χ2n) is 6.40. The van der Waals surface area contributed by atoms with Gasteiger partial charge in [0.25, 0.3) is 0 Å². The Morgan fingerprint density at radius 3 is 2.57 bits per heavy atom. The number of piperazine rings is 1. The predicted octanol–water partition coefficient (Wildman–Crippen LogP) is 3.08. The van der Waals surface area contributed by atoms with Crippen LogP contribution in [0.25, 0.3) is 0 Å². The third kappa shape index (κ3) is 4.06. The molecule has 3 nitrogen and oxygen atoms in total. The summed E-state index contributed by atoms with van der Waals surface area (Å²) in [5, 5.41) is 3.74. The maximum atomic E-state index is 5.47. The summed E-state index contributed by atoms with van der Waals surface area (Å²) in [5.41, 5.74) is 1.40. The molecule has 0 aliphatic carbocycles. The van der Waals surface area contributed by atoms with Gasteiger partial charge in [0.15, 0.2) is 0 Å². The van der Waals surface area contributed by atoms with E-state index < -0.39 is 0 Å². The number of rotatable bonds is 6. The Kier molecular flexibility index (Phi) is 6.22. The minimum Gasteiger partial charge on any atom is -0.383 e. The highest BCUT2D eigenvalue weighted by molar-refractivity contribution is 5.20. The largest absolute Gasteiger partial charge is 0.383 e. The van der Waals surface area contributed by atoms with Crippen LogP contribution in [0.2, 0.25) is 0 Å². The van der Waals surface area contributed by atoms with Crippen LogP contribution < -0.4 is 5.32 Å². The summed E-state index contributed by atoms with van der Waals surface area (Å²) in [5.74, 6) is 0.657. The highest BCUT2D eigenvalue weighted by Crippen LogP contribution is 2.28. The van der Waals surface area contributed by atoms with Gasteiger partial charge in [-0.05, 0) is 17.9 Å². The molecule has 0 radical (unpaired) electrons. The van der Waals surface area contributed by atoms with E-state index in [1.54, 1.807) is 0 Å². The summed E-state index contributed by atoms with van der Waals surface area (Å²) in [7, 11) is 1.81. The standard InChI is InChI=1S/C18H30N2O/c1-5-16(13-21-4)20-12-17(14(2)3)19-11-18(20)15-9-7-6-8-10-15/h6-10,14,16-19H,5,11-13H2,1-4H3. The van der Waals surface area contributed by atoms with Crippen LogP contribution in [0.15, 0.2) is 30.3 Å². The Morgan fingerprint density at radius 2 is 2.00 bits per heavy atom. The first kappa shape index (κ1) is 16.5. The Morgan fingerprint density at radius 1 is 1.29 bits per heavy atom. The third-order valence-corrected chi connectivity index (χ3v) is 4.67. The molecule has 1 aromatic carbocycles. The molecule has 118 valence electrons. The molecule has 3 heteroatoms. The van der Waals surface area contributed by atoms with Gasteiger partial charge in [0, 0.05) is 38.3 Å². The van der Waals surface area contributed by atoms with Gasteiger partial charge in [0.1, 0.15) is 0 Å². The summed E-state index contributed by atoms with van der Waals surface area (Å²) < 4.78 is 5.47. The maximum absolute atomic E-state index is 5.47. The molecule has 0 saturated carbocycles. The van der Waals surface area contributed by atoms with Crippen LogP contribution in [0.4, 0.5) is 0 Å². The molecule has 0 amide bonds. The number of benzene rings is 1. The zero-order valence-corrected chi connectivity index (χ0v) is 13.9. The van der Waals surface area contributed by atoms with Gasteiger partial charge in [0.05, 0.1) is 6.61 Å². The molecule has 2 rings (SSSR count). The molecule has 1 aliphatic heterocycles. The van der Waals surface area contributed by atoms with E-state index in [0.29, 0.717) is 24.0 Å². The molecule has 0 spiro atoms. The second kappa shape index (κ2) is 7.92. The summed E-state index contributed by atoms with van der Waals surface area (Å²) >= 11 is 0. The van der Waals surface area contributed by atoms with E-state index in [0.717, 1.165) is 26.1 Å². The summed E-state index contributed by atoms with van der Waals surface area (Å²) in [6.45, 7) is 9.79. The van der Waals surface area contributed by atoms with E-state index in [9.17, 15) is 0 Å². The highest BCUT2D eigenvalue weighted by Gasteiger charge is 2.33. The average Bonchev–Trinajstić information content (AvgIpc) is 2.53. The number of nitrogens with one attached hydrogen (secondary N) is 1. The van der Waals surface area contributed by atoms with Crippen molar-refractivity contribution < 1.29 is 4.74 Å². The average molecular weight is 290 g/mol. The van der Waals surface area contributed by atoms with Crippen LogP contribution >= 0.6 is 0 Å². The van der Waals surface area contributed by atoms with E-state index >= 15 is 0 Å². The Bertz CT molecular complexity index is 407. The van der Waals surface area contributed by atoms with E-state index in [-0.39, 0.29) is 0 Å². The number of hydrogen-bond donors (Lipinski definition) is 1. The van der Waals surface area contributed by atoms with Crippen molar-refractivity contribution in [2.75, 3.05) is 26.8 Å². The smallest absolute Gasteiger partial charge is 0.0618 e. The number of nitrogens with zero attached hydrogens (tertiary/aromatic N) is 1. The zero-order chi connectivity index (χ0) is 15.2. The SMILES string of the molecule is CCC(COC)N1CC(C(C)C)NCC1c1ccccc1. The van der Waals surface area contributed by atoms with Crippen LogP contribution in [0.5, 0.6) is 0 Å². The van der Waals surface area contributed by atoms with Gasteiger partial charge in [-0.3, -0.25) is 4.90 Å². The third-order valence-electron chi connectivity index (χ3n) is 4.67. The molecule has 1 aliphatic rings. The fraction of sp³-hybridized carbons (Fsp3) is 0.667. The molecule has 3 atom stereocenters. The molecular formula is C18H30N2O. The Labute approximate surface area is 129 Å². The quantitative estimate of drug-likeness (QED) is 0.871. The normalized spacial score (nSPS) is 25.2. The first-order chi connectivity index (χ1) is 10.2. The Balaban J connectivity index is 2.21. The lowest BCUT2D eigenvalue weighted by molar-refractivity contribution is 0.0239. The highest BCUT2D eigenvalue weighted by atomic mass is 16.5. The Hall–Kier alpha value is -0.900. The molecule has 0 aromatic heterocycles. The van der Waals surface area contributed by atoms with Gasteiger partial charge in [-0.25, -0.2) is 0 Å². The second-order valence-corrected chi connectivity index (χ2v) is 6.40. The summed E-state index contributed by atoms with van der Waals surface area (Å²) in [6.07, 6.45) is 1.13. The molecule has 1 saturated heterocycles. The topological polar surface area (TPSA) is 24.5 Å². The van der Waals surface area contributed by atoms with Gasteiger partial charge >= 0.3 is 0 Å². The first-order valence-corrected chi connectivity index (χ1v) is 8.20. The van der Waals surface area contributed by atoms with Crippen molar-refractivity contribution in [2.24, 2.45) is 5.92 Å². The molecule has 1 heterocycles. The fourth-order valence-electron chi connectivity index (χ4n) is 3.27. The number of hydrogen-bond acceptors (Lipinski definition) is 3. The van der Waals surface area contributed by atoms with E-state index in [4.69, 9.17) is 4.74 Å². The van der Waals surface area contributed by atoms with E-state index in [1.165, 1.54) is 5.56 Å². The minimum atomic E-state index is 0.446.